The number of benzene rings is 1. The van der Waals surface area contributed by atoms with Gasteiger partial charge in [0.25, 0.3) is 0 Å². The average molecular weight is 534 g/mol. The van der Waals surface area contributed by atoms with Gasteiger partial charge in [-0.05, 0) is 74.8 Å². The Kier molecular flexibility index (Phi) is 6.16. The van der Waals surface area contributed by atoms with E-state index in [4.69, 9.17) is 9.47 Å². The van der Waals surface area contributed by atoms with Crippen molar-refractivity contribution in [2.45, 2.75) is 94.8 Å². The van der Waals surface area contributed by atoms with E-state index >= 15 is 0 Å². The van der Waals surface area contributed by atoms with Crippen LogP contribution >= 0.6 is 15.9 Å². The van der Waals surface area contributed by atoms with Crippen LogP contribution in [0.3, 0.4) is 0 Å². The number of esters is 2. The first kappa shape index (κ1) is 24.3. The molecule has 5 rings (SSSR count). The Hall–Kier alpha value is -1.40. The largest absolute Gasteiger partial charge is 0.462 e. The summed E-state index contributed by atoms with van der Waals surface area (Å²) in [6.45, 7) is 6.05. The monoisotopic (exact) mass is 532 g/mol. The summed E-state index contributed by atoms with van der Waals surface area (Å²) in [5.74, 6) is 0.895. The Labute approximate surface area is 211 Å². The number of rotatable bonds is 3. The van der Waals surface area contributed by atoms with Crippen molar-refractivity contribution in [1.82, 2.24) is 0 Å². The van der Waals surface area contributed by atoms with Crippen LogP contribution in [0.25, 0.3) is 0 Å². The Morgan fingerprint density at radius 1 is 1.00 bits per heavy atom. The summed E-state index contributed by atoms with van der Waals surface area (Å²) in [4.78, 5) is 24.4. The van der Waals surface area contributed by atoms with Crippen LogP contribution in [0.5, 0.6) is 0 Å². The lowest BCUT2D eigenvalue weighted by molar-refractivity contribution is -0.220. The Bertz CT molecular complexity index is 951. The number of hydrogen-bond acceptors (Lipinski definition) is 5. The molecule has 4 aliphatic carbocycles. The maximum atomic E-state index is 12.8. The molecule has 0 aromatic heterocycles. The second kappa shape index (κ2) is 8.62. The fourth-order valence-corrected chi connectivity index (χ4v) is 9.59. The molecule has 1 N–H and O–H groups in total. The van der Waals surface area contributed by atoms with Crippen LogP contribution in [0.2, 0.25) is 0 Å². The minimum atomic E-state index is -0.891. The summed E-state index contributed by atoms with van der Waals surface area (Å²) < 4.78 is 11.7. The van der Waals surface area contributed by atoms with E-state index in [-0.39, 0.29) is 39.8 Å². The number of alkyl halides is 1. The summed E-state index contributed by atoms with van der Waals surface area (Å²) in [7, 11) is 0. The Morgan fingerprint density at radius 3 is 2.44 bits per heavy atom. The smallest absolute Gasteiger partial charge is 0.338 e. The van der Waals surface area contributed by atoms with Gasteiger partial charge in [0.1, 0.15) is 12.2 Å². The zero-order chi connectivity index (χ0) is 24.3. The van der Waals surface area contributed by atoms with Crippen LogP contribution in [0.1, 0.15) is 82.5 Å². The van der Waals surface area contributed by atoms with E-state index in [2.05, 4.69) is 29.8 Å². The normalized spacial score (nSPS) is 45.4. The van der Waals surface area contributed by atoms with Crippen LogP contribution < -0.4 is 0 Å². The molecule has 6 heteroatoms. The predicted molar refractivity (Wildman–Crippen MR) is 132 cm³/mol. The molecule has 4 saturated carbocycles. The molecule has 9 atom stereocenters. The number of ether oxygens (including phenoxy) is 2. The number of aliphatic hydroxyl groups is 1. The van der Waals surface area contributed by atoms with E-state index in [1.54, 1.807) is 0 Å². The molecule has 1 aromatic carbocycles. The highest BCUT2D eigenvalue weighted by molar-refractivity contribution is 9.09. The summed E-state index contributed by atoms with van der Waals surface area (Å²) in [5, 5.41) is 12.0. The maximum Gasteiger partial charge on any atom is 0.338 e. The van der Waals surface area contributed by atoms with Gasteiger partial charge in [0.15, 0.2) is 0 Å². The predicted octanol–water partition coefficient (Wildman–Crippen LogP) is 5.67. The lowest BCUT2D eigenvalue weighted by atomic mass is 9.43. The minimum absolute atomic E-state index is 0.0287. The molecule has 34 heavy (non-hydrogen) atoms. The summed E-state index contributed by atoms with van der Waals surface area (Å²) in [5.41, 5.74) is -0.526. The van der Waals surface area contributed by atoms with Gasteiger partial charge in [-0.25, -0.2) is 4.79 Å². The maximum absolute atomic E-state index is 12.8. The van der Waals surface area contributed by atoms with Crippen LogP contribution in [0.4, 0.5) is 0 Å². The third kappa shape index (κ3) is 3.66. The van der Waals surface area contributed by atoms with E-state index in [0.29, 0.717) is 29.7 Å². The Morgan fingerprint density at radius 2 is 1.74 bits per heavy atom. The zero-order valence-electron chi connectivity index (χ0n) is 20.5. The molecule has 4 aliphatic rings. The number of fused-ring (bicyclic) bond motifs is 5. The summed E-state index contributed by atoms with van der Waals surface area (Å²) >= 11 is 3.90. The van der Waals surface area contributed by atoms with Gasteiger partial charge in [-0.1, -0.05) is 48.0 Å². The molecule has 0 radical (unpaired) electrons. The minimum Gasteiger partial charge on any atom is -0.462 e. The fraction of sp³-hybridized carbons (Fsp3) is 0.714. The highest BCUT2D eigenvalue weighted by Gasteiger charge is 2.67. The summed E-state index contributed by atoms with van der Waals surface area (Å²) in [6.07, 6.45) is 6.82. The molecule has 4 fully saturated rings. The van der Waals surface area contributed by atoms with Crippen molar-refractivity contribution in [1.29, 1.82) is 0 Å². The van der Waals surface area contributed by atoms with E-state index in [9.17, 15) is 14.7 Å². The molecule has 5 nitrogen and oxygen atoms in total. The molecule has 0 amide bonds. The van der Waals surface area contributed by atoms with Gasteiger partial charge in [-0.2, -0.15) is 0 Å². The lowest BCUT2D eigenvalue weighted by Crippen LogP contribution is -2.67. The first-order valence-electron chi connectivity index (χ1n) is 12.9. The van der Waals surface area contributed by atoms with Crippen molar-refractivity contribution in [3.05, 3.63) is 35.9 Å². The van der Waals surface area contributed by atoms with Crippen LogP contribution in [-0.4, -0.2) is 39.7 Å². The first-order chi connectivity index (χ1) is 16.1. The van der Waals surface area contributed by atoms with E-state index in [1.807, 2.05) is 30.3 Å². The third-order valence-electron chi connectivity index (χ3n) is 10.3. The third-order valence-corrected chi connectivity index (χ3v) is 11.4. The second-order valence-corrected chi connectivity index (χ2v) is 12.9. The first-order valence-corrected chi connectivity index (χ1v) is 13.8. The van der Waals surface area contributed by atoms with E-state index < -0.39 is 5.60 Å². The van der Waals surface area contributed by atoms with E-state index in [1.165, 1.54) is 6.92 Å². The Balaban J connectivity index is 1.36. The summed E-state index contributed by atoms with van der Waals surface area (Å²) in [6, 6.07) is 9.29. The van der Waals surface area contributed by atoms with Crippen molar-refractivity contribution in [2.75, 3.05) is 0 Å². The van der Waals surface area contributed by atoms with Gasteiger partial charge < -0.3 is 14.6 Å². The molecule has 1 aromatic rings. The van der Waals surface area contributed by atoms with Crippen molar-refractivity contribution < 1.29 is 24.2 Å². The van der Waals surface area contributed by atoms with Crippen molar-refractivity contribution >= 4 is 27.9 Å². The lowest BCUT2D eigenvalue weighted by Gasteiger charge is -2.65. The van der Waals surface area contributed by atoms with E-state index in [0.717, 1.165) is 44.9 Å². The molecule has 0 bridgehead atoms. The number of carbonyl (C=O) groups is 2. The van der Waals surface area contributed by atoms with Gasteiger partial charge in [0, 0.05) is 29.0 Å². The van der Waals surface area contributed by atoms with Crippen molar-refractivity contribution in [3.63, 3.8) is 0 Å². The SMILES string of the molecule is CC(=O)O[C@H]1CC[C@]2(C)[C@@H]3CC[C@@]4(C)[C@@H](OC(=O)c5ccccc5)CC[C@@H]4[C@@H]3C[C@H](Br)[C@@]2(O)C1. The second-order valence-electron chi connectivity index (χ2n) is 11.8. The fourth-order valence-electron chi connectivity index (χ4n) is 8.45. The highest BCUT2D eigenvalue weighted by Crippen LogP contribution is 2.68. The molecule has 0 heterocycles. The highest BCUT2D eigenvalue weighted by atomic mass is 79.9. The quantitative estimate of drug-likeness (QED) is 0.400. The average Bonchev–Trinajstić information content (AvgIpc) is 3.12. The number of halogens is 1. The molecule has 0 aliphatic heterocycles. The van der Waals surface area contributed by atoms with Gasteiger partial charge in [-0.3, -0.25) is 4.79 Å². The topological polar surface area (TPSA) is 72.8 Å². The van der Waals surface area contributed by atoms with Gasteiger partial charge in [0.2, 0.25) is 0 Å². The molecule has 0 unspecified atom stereocenters. The van der Waals surface area contributed by atoms with Crippen molar-refractivity contribution in [3.8, 4) is 0 Å². The number of carbonyl (C=O) groups excluding carboxylic acids is 2. The molecule has 186 valence electrons. The number of hydrogen-bond donors (Lipinski definition) is 1. The molecular weight excluding hydrogens is 496 g/mol. The van der Waals surface area contributed by atoms with Crippen molar-refractivity contribution in [2.24, 2.45) is 28.6 Å². The van der Waals surface area contributed by atoms with Gasteiger partial charge >= 0.3 is 11.9 Å². The van der Waals surface area contributed by atoms with Crippen LogP contribution in [0, 0.1) is 28.6 Å². The zero-order valence-corrected chi connectivity index (χ0v) is 22.1. The molecular formula is C28H37BrO5. The standard InChI is InChI=1S/C28H37BrO5/c1-17(30)33-19-11-14-27(3)22-12-13-26(2)21(20(22)15-23(29)28(27,32)16-19)9-10-24(26)34-25(31)18-7-5-4-6-8-18/h4-8,19-24,32H,9-16H2,1-3H3/t19-,20-,21+,22+,23-,24-,26+,27+,28-/m0/s1. The van der Waals surface area contributed by atoms with Crippen LogP contribution in [-0.2, 0) is 14.3 Å². The molecule has 0 spiro atoms. The van der Waals surface area contributed by atoms with Gasteiger partial charge in [0.05, 0.1) is 11.2 Å². The van der Waals surface area contributed by atoms with Crippen LogP contribution in [0.15, 0.2) is 30.3 Å². The van der Waals surface area contributed by atoms with Gasteiger partial charge in [-0.15, -0.1) is 0 Å². The molecule has 0 saturated heterocycles.